The molecule has 2 atom stereocenters. The lowest BCUT2D eigenvalue weighted by molar-refractivity contribution is 0.0698. The zero-order valence-corrected chi connectivity index (χ0v) is 13.5. The SMILES string of the molecule is CCNc1cc(C)ncc1C(=O)N1CCSC(C)C1C. The van der Waals surface area contributed by atoms with Gasteiger partial charge in [-0.3, -0.25) is 9.78 Å². The molecule has 0 saturated carbocycles. The van der Waals surface area contributed by atoms with Gasteiger partial charge in [0, 0.05) is 42.0 Å². The third kappa shape index (κ3) is 3.08. The van der Waals surface area contributed by atoms with Crippen molar-refractivity contribution >= 4 is 23.4 Å². The van der Waals surface area contributed by atoms with E-state index in [1.807, 2.05) is 36.6 Å². The van der Waals surface area contributed by atoms with Crippen molar-refractivity contribution in [3.05, 3.63) is 23.5 Å². The zero-order chi connectivity index (χ0) is 14.7. The summed E-state index contributed by atoms with van der Waals surface area (Å²) in [5, 5.41) is 3.75. The average molecular weight is 293 g/mol. The number of carbonyl (C=O) groups is 1. The van der Waals surface area contributed by atoms with Crippen LogP contribution in [0.25, 0.3) is 0 Å². The highest BCUT2D eigenvalue weighted by molar-refractivity contribution is 8.00. The molecule has 1 fully saturated rings. The van der Waals surface area contributed by atoms with Crippen LogP contribution >= 0.6 is 11.8 Å². The maximum absolute atomic E-state index is 12.8. The fourth-order valence-corrected chi connectivity index (χ4v) is 3.54. The molecule has 1 amide bonds. The van der Waals surface area contributed by atoms with Gasteiger partial charge in [-0.2, -0.15) is 11.8 Å². The molecule has 2 heterocycles. The van der Waals surface area contributed by atoms with Gasteiger partial charge < -0.3 is 10.2 Å². The van der Waals surface area contributed by atoms with Crippen molar-refractivity contribution in [2.24, 2.45) is 0 Å². The van der Waals surface area contributed by atoms with Gasteiger partial charge in [0.25, 0.3) is 5.91 Å². The van der Waals surface area contributed by atoms with Crippen molar-refractivity contribution in [1.29, 1.82) is 0 Å². The fraction of sp³-hybridized carbons (Fsp3) is 0.600. The normalized spacial score (nSPS) is 22.7. The molecule has 110 valence electrons. The first-order valence-corrected chi connectivity index (χ1v) is 8.22. The van der Waals surface area contributed by atoms with Gasteiger partial charge in [-0.15, -0.1) is 0 Å². The Morgan fingerprint density at radius 1 is 1.55 bits per heavy atom. The third-order valence-electron chi connectivity index (χ3n) is 3.78. The number of rotatable bonds is 3. The lowest BCUT2D eigenvalue weighted by Crippen LogP contribution is -2.48. The topological polar surface area (TPSA) is 45.2 Å². The number of amides is 1. The maximum Gasteiger partial charge on any atom is 0.257 e. The Balaban J connectivity index is 2.28. The molecule has 0 bridgehead atoms. The highest BCUT2D eigenvalue weighted by Gasteiger charge is 2.30. The second-order valence-electron chi connectivity index (χ2n) is 5.22. The molecular weight excluding hydrogens is 270 g/mol. The van der Waals surface area contributed by atoms with E-state index in [1.54, 1.807) is 6.20 Å². The number of nitrogens with one attached hydrogen (secondary N) is 1. The van der Waals surface area contributed by atoms with Crippen LogP contribution in [0, 0.1) is 6.92 Å². The predicted molar refractivity (Wildman–Crippen MR) is 85.6 cm³/mol. The van der Waals surface area contributed by atoms with Crippen molar-refractivity contribution in [1.82, 2.24) is 9.88 Å². The van der Waals surface area contributed by atoms with E-state index in [2.05, 4.69) is 24.1 Å². The number of pyridine rings is 1. The van der Waals surface area contributed by atoms with Gasteiger partial charge >= 0.3 is 0 Å². The van der Waals surface area contributed by atoms with Crippen molar-refractivity contribution in [3.8, 4) is 0 Å². The van der Waals surface area contributed by atoms with Crippen LogP contribution in [-0.2, 0) is 0 Å². The first-order valence-electron chi connectivity index (χ1n) is 7.17. The average Bonchev–Trinajstić information content (AvgIpc) is 2.42. The highest BCUT2D eigenvalue weighted by atomic mass is 32.2. The summed E-state index contributed by atoms with van der Waals surface area (Å²) in [6.45, 7) is 9.90. The number of nitrogens with zero attached hydrogens (tertiary/aromatic N) is 2. The molecule has 1 N–H and O–H groups in total. The molecule has 0 aromatic carbocycles. The lowest BCUT2D eigenvalue weighted by Gasteiger charge is -2.37. The van der Waals surface area contributed by atoms with Crippen LogP contribution in [0.15, 0.2) is 12.3 Å². The summed E-state index contributed by atoms with van der Waals surface area (Å²) in [4.78, 5) is 19.1. The molecule has 0 radical (unpaired) electrons. The van der Waals surface area contributed by atoms with Crippen LogP contribution in [0.2, 0.25) is 0 Å². The number of hydrogen-bond donors (Lipinski definition) is 1. The summed E-state index contributed by atoms with van der Waals surface area (Å²) in [5.74, 6) is 1.10. The first-order chi connectivity index (χ1) is 9.54. The van der Waals surface area contributed by atoms with Gasteiger partial charge in [0.15, 0.2) is 0 Å². The van der Waals surface area contributed by atoms with E-state index >= 15 is 0 Å². The van der Waals surface area contributed by atoms with Gasteiger partial charge in [0.2, 0.25) is 0 Å². The van der Waals surface area contributed by atoms with E-state index in [1.165, 1.54) is 0 Å². The molecule has 4 nitrogen and oxygen atoms in total. The number of aromatic nitrogens is 1. The van der Waals surface area contributed by atoms with E-state index in [0.717, 1.165) is 30.2 Å². The second-order valence-corrected chi connectivity index (χ2v) is 6.70. The summed E-state index contributed by atoms with van der Waals surface area (Å²) in [6.07, 6.45) is 1.70. The largest absolute Gasteiger partial charge is 0.385 e. The van der Waals surface area contributed by atoms with Crippen LogP contribution in [0.1, 0.15) is 36.8 Å². The van der Waals surface area contributed by atoms with E-state index in [0.29, 0.717) is 10.8 Å². The standard InChI is InChI=1S/C15H23N3OS/c1-5-16-14-8-10(2)17-9-13(14)15(19)18-6-7-20-12(4)11(18)3/h8-9,11-12H,5-7H2,1-4H3,(H,16,17). The molecule has 2 rings (SSSR count). The van der Waals surface area contributed by atoms with E-state index in [-0.39, 0.29) is 11.9 Å². The Morgan fingerprint density at radius 3 is 3.00 bits per heavy atom. The Hall–Kier alpha value is -1.23. The minimum atomic E-state index is 0.0908. The van der Waals surface area contributed by atoms with E-state index in [4.69, 9.17) is 0 Å². The maximum atomic E-state index is 12.8. The summed E-state index contributed by atoms with van der Waals surface area (Å²) < 4.78 is 0. The monoisotopic (exact) mass is 293 g/mol. The Labute approximate surface area is 125 Å². The van der Waals surface area contributed by atoms with Crippen molar-refractivity contribution < 1.29 is 4.79 Å². The molecule has 1 aromatic heterocycles. The molecule has 1 aliphatic rings. The first kappa shape index (κ1) is 15.2. The summed E-state index contributed by atoms with van der Waals surface area (Å²) >= 11 is 1.93. The smallest absolute Gasteiger partial charge is 0.257 e. The van der Waals surface area contributed by atoms with Gasteiger partial charge in [0.1, 0.15) is 0 Å². The Morgan fingerprint density at radius 2 is 2.30 bits per heavy atom. The number of thioether (sulfide) groups is 1. The van der Waals surface area contributed by atoms with Crippen LogP contribution < -0.4 is 5.32 Å². The van der Waals surface area contributed by atoms with Gasteiger partial charge in [-0.05, 0) is 26.8 Å². The second kappa shape index (κ2) is 6.48. The Bertz CT molecular complexity index is 492. The van der Waals surface area contributed by atoms with Gasteiger partial charge in [-0.1, -0.05) is 6.92 Å². The molecule has 1 aliphatic heterocycles. The van der Waals surface area contributed by atoms with Crippen molar-refractivity contribution in [3.63, 3.8) is 0 Å². The molecule has 0 spiro atoms. The van der Waals surface area contributed by atoms with Crippen molar-refractivity contribution in [2.75, 3.05) is 24.2 Å². The number of carbonyl (C=O) groups excluding carboxylic acids is 1. The molecule has 2 unspecified atom stereocenters. The zero-order valence-electron chi connectivity index (χ0n) is 12.6. The summed E-state index contributed by atoms with van der Waals surface area (Å²) in [5.41, 5.74) is 2.50. The number of anilines is 1. The van der Waals surface area contributed by atoms with Crippen LogP contribution in [-0.4, -0.2) is 45.9 Å². The number of aryl methyl sites for hydroxylation is 1. The molecule has 0 aliphatic carbocycles. The predicted octanol–water partition coefficient (Wildman–Crippen LogP) is 2.79. The quantitative estimate of drug-likeness (QED) is 0.931. The van der Waals surface area contributed by atoms with Crippen molar-refractivity contribution in [2.45, 2.75) is 39.0 Å². The molecular formula is C15H23N3OS. The highest BCUT2D eigenvalue weighted by Crippen LogP contribution is 2.27. The Kier molecular flexibility index (Phi) is 4.91. The fourth-order valence-electron chi connectivity index (χ4n) is 2.44. The molecule has 1 aromatic rings. The van der Waals surface area contributed by atoms with Crippen LogP contribution in [0.5, 0.6) is 0 Å². The van der Waals surface area contributed by atoms with Crippen LogP contribution in [0.4, 0.5) is 5.69 Å². The minimum absolute atomic E-state index is 0.0908. The summed E-state index contributed by atoms with van der Waals surface area (Å²) in [6, 6.07) is 2.21. The minimum Gasteiger partial charge on any atom is -0.385 e. The molecule has 5 heteroatoms. The lowest BCUT2D eigenvalue weighted by atomic mass is 10.1. The van der Waals surface area contributed by atoms with Gasteiger partial charge in [-0.25, -0.2) is 0 Å². The van der Waals surface area contributed by atoms with E-state index < -0.39 is 0 Å². The summed E-state index contributed by atoms with van der Waals surface area (Å²) in [7, 11) is 0. The third-order valence-corrected chi connectivity index (χ3v) is 5.12. The van der Waals surface area contributed by atoms with Gasteiger partial charge in [0.05, 0.1) is 11.3 Å². The van der Waals surface area contributed by atoms with E-state index in [9.17, 15) is 4.79 Å². The number of hydrogen-bond acceptors (Lipinski definition) is 4. The molecule has 1 saturated heterocycles. The molecule has 20 heavy (non-hydrogen) atoms. The van der Waals surface area contributed by atoms with Crippen LogP contribution in [0.3, 0.4) is 0 Å².